The fraction of sp³-hybridized carbons (Fsp3) is 0.676. The van der Waals surface area contributed by atoms with Crippen molar-refractivity contribution in [2.75, 3.05) is 18.9 Å². The number of aliphatic hydroxyl groups is 3. The van der Waals surface area contributed by atoms with E-state index >= 15 is 0 Å². The van der Waals surface area contributed by atoms with Crippen molar-refractivity contribution in [2.24, 2.45) is 17.8 Å². The molecule has 0 spiro atoms. The summed E-state index contributed by atoms with van der Waals surface area (Å²) >= 11 is 0. The summed E-state index contributed by atoms with van der Waals surface area (Å²) in [5.41, 5.74) is 2.05. The van der Waals surface area contributed by atoms with E-state index in [0.29, 0.717) is 11.3 Å². The van der Waals surface area contributed by atoms with E-state index in [1.165, 1.54) is 18.9 Å². The number of aliphatic hydroxyl groups excluding tert-OH is 2. The van der Waals surface area contributed by atoms with E-state index in [-0.39, 0.29) is 31.7 Å². The zero-order chi connectivity index (χ0) is 40.0. The molecule has 6 amide bonds. The molecule has 54 heavy (non-hydrogen) atoms. The molecule has 0 unspecified atom stereocenters. The lowest BCUT2D eigenvalue weighted by atomic mass is 9.90. The number of rotatable bonds is 5. The van der Waals surface area contributed by atoms with Gasteiger partial charge in [-0.1, -0.05) is 59.7 Å². The van der Waals surface area contributed by atoms with Crippen LogP contribution in [0.5, 0.6) is 0 Å². The van der Waals surface area contributed by atoms with Gasteiger partial charge in [0.1, 0.15) is 48.0 Å². The molecule has 17 heteroatoms. The van der Waals surface area contributed by atoms with Crippen LogP contribution in [0.2, 0.25) is 0 Å². The first-order chi connectivity index (χ1) is 25.3. The van der Waals surface area contributed by atoms with Gasteiger partial charge in [-0.15, -0.1) is 0 Å². The quantitative estimate of drug-likeness (QED) is 0.177. The molecule has 4 aliphatic heterocycles. The van der Waals surface area contributed by atoms with Crippen LogP contribution in [0, 0.1) is 17.8 Å². The lowest BCUT2D eigenvalue weighted by molar-refractivity contribution is -0.159. The fourth-order valence-corrected chi connectivity index (χ4v) is 8.14. The van der Waals surface area contributed by atoms with Gasteiger partial charge in [-0.2, -0.15) is 0 Å². The summed E-state index contributed by atoms with van der Waals surface area (Å²) < 4.78 is 0. The van der Waals surface area contributed by atoms with Gasteiger partial charge < -0.3 is 46.4 Å². The van der Waals surface area contributed by atoms with E-state index in [2.05, 4.69) is 26.7 Å². The maximum Gasteiger partial charge on any atom is 0.260 e. The Bertz CT molecular complexity index is 1640. The van der Waals surface area contributed by atoms with Gasteiger partial charge in [-0.05, 0) is 37.2 Å². The minimum atomic E-state index is -1.76. The number of fused-ring (bicyclic) bond motifs is 6. The monoisotopic (exact) mass is 756 g/mol. The highest BCUT2D eigenvalue weighted by Gasteiger charge is 2.61. The first kappa shape index (κ1) is 40.9. The molecule has 0 aliphatic carbocycles. The number of amides is 6. The zero-order valence-corrected chi connectivity index (χ0v) is 32.2. The molecule has 298 valence electrons. The van der Waals surface area contributed by atoms with Crippen molar-refractivity contribution in [2.45, 2.75) is 128 Å². The molecule has 4 heterocycles. The minimum absolute atomic E-state index is 0.0542. The number of hydrogen-bond acceptors (Lipinski definition) is 11. The van der Waals surface area contributed by atoms with Crippen LogP contribution in [0.15, 0.2) is 24.3 Å². The van der Waals surface area contributed by atoms with Gasteiger partial charge in [0.2, 0.25) is 29.5 Å². The van der Waals surface area contributed by atoms with Gasteiger partial charge in [0.05, 0.1) is 12.2 Å². The highest BCUT2D eigenvalue weighted by Crippen LogP contribution is 2.49. The van der Waals surface area contributed by atoms with E-state index < -0.39 is 108 Å². The van der Waals surface area contributed by atoms with Gasteiger partial charge in [0, 0.05) is 37.7 Å². The third-order valence-electron chi connectivity index (χ3n) is 10.9. The molecule has 3 fully saturated rings. The van der Waals surface area contributed by atoms with E-state index in [4.69, 9.17) is 0 Å². The number of β-amino-alcohol motifs (C(OH)–C–C–N with tert-alkyl or cyclic N) is 1. The van der Waals surface area contributed by atoms with Crippen molar-refractivity contribution < 1.29 is 44.1 Å². The van der Waals surface area contributed by atoms with Crippen LogP contribution >= 0.6 is 0 Å². The smallest absolute Gasteiger partial charge is 0.260 e. The molecule has 0 aromatic heterocycles. The Labute approximate surface area is 315 Å². The van der Waals surface area contributed by atoms with Crippen molar-refractivity contribution >= 4 is 41.1 Å². The molecule has 3 saturated heterocycles. The third kappa shape index (κ3) is 7.63. The third-order valence-corrected chi connectivity index (χ3v) is 10.9. The van der Waals surface area contributed by atoms with Crippen LogP contribution < -0.4 is 26.7 Å². The number of hydrogen-bond donors (Lipinski definition) is 8. The van der Waals surface area contributed by atoms with Crippen LogP contribution in [0.1, 0.15) is 73.3 Å². The highest BCUT2D eigenvalue weighted by molar-refractivity contribution is 5.99. The summed E-state index contributed by atoms with van der Waals surface area (Å²) in [7, 11) is 1.44. The van der Waals surface area contributed by atoms with Crippen LogP contribution in [0.3, 0.4) is 0 Å². The SMILES string of the molecule is CC(C)C[C@@H]1NC(=O)[C@H]2C[C@@H](O)CNN2C(=O)[C@H](C(C)C)N(C)C(=O)[C@@H](C(C)C)NC(=O)[C@@H]2C[C@@]3(O)c4ccccc4N[C@H]3N2C(=O)[C@@H]([C@H](C)O)NC1=O. The Balaban J connectivity index is 1.64. The lowest BCUT2D eigenvalue weighted by Gasteiger charge is -2.42. The predicted octanol–water partition coefficient (Wildman–Crippen LogP) is -1.27. The number of hydrazine groups is 1. The minimum Gasteiger partial charge on any atom is -0.392 e. The first-order valence-corrected chi connectivity index (χ1v) is 18.8. The Morgan fingerprint density at radius 1 is 0.796 bits per heavy atom. The number of nitrogens with one attached hydrogen (secondary N) is 5. The molecule has 10 atom stereocenters. The van der Waals surface area contributed by atoms with E-state index in [9.17, 15) is 44.1 Å². The lowest BCUT2D eigenvalue weighted by Crippen LogP contribution is -2.68. The maximum atomic E-state index is 14.7. The van der Waals surface area contributed by atoms with E-state index in [1.807, 2.05) is 13.8 Å². The Kier molecular flexibility index (Phi) is 12.0. The average molecular weight is 757 g/mol. The van der Waals surface area contributed by atoms with Crippen LogP contribution in [-0.4, -0.2) is 134 Å². The number of likely N-dealkylation sites (N-methyl/N-ethyl adjacent to an activating group) is 1. The van der Waals surface area contributed by atoms with Gasteiger partial charge in [0.25, 0.3) is 5.91 Å². The average Bonchev–Trinajstić information content (AvgIpc) is 3.55. The highest BCUT2D eigenvalue weighted by atomic mass is 16.3. The molecule has 8 N–H and O–H groups in total. The predicted molar refractivity (Wildman–Crippen MR) is 195 cm³/mol. The van der Waals surface area contributed by atoms with Crippen LogP contribution in [-0.2, 0) is 34.4 Å². The van der Waals surface area contributed by atoms with Crippen molar-refractivity contribution in [1.29, 1.82) is 0 Å². The summed E-state index contributed by atoms with van der Waals surface area (Å²) in [6.07, 6.45) is -4.05. The Morgan fingerprint density at radius 3 is 2.04 bits per heavy atom. The molecule has 5 rings (SSSR count). The van der Waals surface area contributed by atoms with Gasteiger partial charge in [-0.25, -0.2) is 5.43 Å². The van der Waals surface area contributed by atoms with Gasteiger partial charge >= 0.3 is 0 Å². The maximum absolute atomic E-state index is 14.7. The van der Waals surface area contributed by atoms with Gasteiger partial charge in [0.15, 0.2) is 0 Å². The molecule has 4 aliphatic rings. The van der Waals surface area contributed by atoms with Crippen molar-refractivity contribution in [3.05, 3.63) is 29.8 Å². The topological polar surface area (TPSA) is 233 Å². The Morgan fingerprint density at radius 2 is 1.43 bits per heavy atom. The molecule has 1 aromatic rings. The number of carbonyl (C=O) groups excluding carboxylic acids is 6. The number of para-hydroxylation sites is 1. The molecule has 1 aromatic carbocycles. The van der Waals surface area contributed by atoms with Crippen LogP contribution in [0.25, 0.3) is 0 Å². The second-order valence-electron chi connectivity index (χ2n) is 16.2. The van der Waals surface area contributed by atoms with Gasteiger partial charge in [-0.3, -0.25) is 33.8 Å². The molecule has 0 saturated carbocycles. The first-order valence-electron chi connectivity index (χ1n) is 18.8. The number of nitrogens with zero attached hydrogens (tertiary/aromatic N) is 3. The molecule has 17 nitrogen and oxygen atoms in total. The normalized spacial score (nSPS) is 33.3. The second-order valence-corrected chi connectivity index (χ2v) is 16.2. The fourth-order valence-electron chi connectivity index (χ4n) is 8.14. The van der Waals surface area contributed by atoms with E-state index in [1.54, 1.807) is 52.0 Å². The molecule has 0 bridgehead atoms. The summed E-state index contributed by atoms with van der Waals surface area (Å²) in [5, 5.41) is 46.1. The summed E-state index contributed by atoms with van der Waals surface area (Å²) in [4.78, 5) is 88.3. The number of carbonyl (C=O) groups is 6. The second kappa shape index (κ2) is 15.8. The largest absolute Gasteiger partial charge is 0.392 e. The van der Waals surface area contributed by atoms with Crippen molar-refractivity contribution in [3.8, 4) is 0 Å². The Hall–Kier alpha value is -4.32. The van der Waals surface area contributed by atoms with Crippen molar-refractivity contribution in [3.63, 3.8) is 0 Å². The molecular weight excluding hydrogens is 700 g/mol. The number of benzene rings is 1. The zero-order valence-electron chi connectivity index (χ0n) is 32.2. The summed E-state index contributed by atoms with van der Waals surface area (Å²) in [5.74, 6) is -5.55. The standard InChI is InChI=1S/C37H56N8O9/c1-17(2)13-24-30(48)42-28(20(7)46)34(52)44-26(15-37(54)22-11-9-10-12-23(22)40-36(37)44)32(50)41-27(18(3)4)33(51)43(8)29(19(5)6)35(53)45-25(31(49)39-24)14-21(47)16-38-45/h9-12,17-21,24-29,36,38,40,46-47,54H,13-16H2,1-8H3,(H,39,49)(H,41,50)(H,42,48)/t20-,21+,24-,25+,26-,27+,28+,29-,36-,37+/m0/s1. The molecule has 0 radical (unpaired) electrons. The summed E-state index contributed by atoms with van der Waals surface area (Å²) in [6, 6.07) is -1.00. The van der Waals surface area contributed by atoms with Crippen LogP contribution in [0.4, 0.5) is 5.69 Å². The summed E-state index contributed by atoms with van der Waals surface area (Å²) in [6.45, 7) is 11.8. The number of anilines is 1. The van der Waals surface area contributed by atoms with E-state index in [0.717, 1.165) is 9.91 Å². The van der Waals surface area contributed by atoms with Crippen molar-refractivity contribution in [1.82, 2.24) is 36.2 Å². The molecular formula is C37H56N8O9.